The lowest BCUT2D eigenvalue weighted by Crippen LogP contribution is -2.28. The summed E-state index contributed by atoms with van der Waals surface area (Å²) in [7, 11) is 0. The number of anilines is 1. The third-order valence-corrected chi connectivity index (χ3v) is 2.34. The maximum atomic E-state index is 11.6. The number of rotatable bonds is 4. The summed E-state index contributed by atoms with van der Waals surface area (Å²) in [5.74, 6) is -0.288. The number of carbonyl (C=O) groups is 2. The molecule has 0 atom stereocenters. The van der Waals surface area contributed by atoms with Gasteiger partial charge in [-0.05, 0) is 25.1 Å². The Hall–Kier alpha value is -2.90. The van der Waals surface area contributed by atoms with Crippen LogP contribution in [-0.4, -0.2) is 27.2 Å². The molecule has 2 aromatic rings. The molecule has 104 valence electrons. The van der Waals surface area contributed by atoms with E-state index in [1.54, 1.807) is 19.1 Å². The summed E-state index contributed by atoms with van der Waals surface area (Å²) < 4.78 is 4.83. The van der Waals surface area contributed by atoms with E-state index in [4.69, 9.17) is 9.63 Å². The number of carboxylic acids is 1. The minimum Gasteiger partial charge on any atom is -0.478 e. The summed E-state index contributed by atoms with van der Waals surface area (Å²) >= 11 is 0. The number of aromatic nitrogens is 2. The van der Waals surface area contributed by atoms with Crippen molar-refractivity contribution < 1.29 is 19.2 Å². The largest absolute Gasteiger partial charge is 0.478 e. The van der Waals surface area contributed by atoms with Crippen LogP contribution in [0.3, 0.4) is 0 Å². The van der Waals surface area contributed by atoms with Gasteiger partial charge in [-0.15, -0.1) is 0 Å². The number of aromatic carboxylic acids is 1. The average molecular weight is 276 g/mol. The zero-order valence-corrected chi connectivity index (χ0v) is 10.6. The highest BCUT2D eigenvalue weighted by atomic mass is 16.5. The van der Waals surface area contributed by atoms with Crippen LogP contribution in [0.25, 0.3) is 0 Å². The first-order valence-electron chi connectivity index (χ1n) is 5.72. The SMILES string of the molecule is Cc1noc(CNC(=O)Nc2cccc(C(=O)O)c2)n1. The summed E-state index contributed by atoms with van der Waals surface area (Å²) in [5, 5.41) is 17.5. The van der Waals surface area contributed by atoms with Gasteiger partial charge in [-0.25, -0.2) is 9.59 Å². The zero-order valence-electron chi connectivity index (χ0n) is 10.6. The van der Waals surface area contributed by atoms with E-state index in [-0.39, 0.29) is 18.0 Å². The molecule has 1 aromatic heterocycles. The molecule has 0 aliphatic carbocycles. The standard InChI is InChI=1S/C12H12N4O4/c1-7-14-10(20-16-7)6-13-12(19)15-9-4-2-3-8(5-9)11(17)18/h2-5H,6H2,1H3,(H,17,18)(H2,13,15,19). The minimum absolute atomic E-state index is 0.0886. The van der Waals surface area contributed by atoms with E-state index in [1.165, 1.54) is 12.1 Å². The van der Waals surface area contributed by atoms with Gasteiger partial charge in [-0.3, -0.25) is 0 Å². The van der Waals surface area contributed by atoms with Crippen LogP contribution in [0.1, 0.15) is 22.1 Å². The number of nitrogens with zero attached hydrogens (tertiary/aromatic N) is 2. The molecule has 0 saturated heterocycles. The Labute approximate surface area is 113 Å². The molecular formula is C12H12N4O4. The van der Waals surface area contributed by atoms with Crippen molar-refractivity contribution in [3.8, 4) is 0 Å². The highest BCUT2D eigenvalue weighted by molar-refractivity contribution is 5.93. The van der Waals surface area contributed by atoms with Crippen LogP contribution in [0, 0.1) is 6.92 Å². The third kappa shape index (κ3) is 3.55. The minimum atomic E-state index is -1.06. The molecular weight excluding hydrogens is 264 g/mol. The van der Waals surface area contributed by atoms with Crippen molar-refractivity contribution in [2.24, 2.45) is 0 Å². The number of amides is 2. The molecule has 0 spiro atoms. The smallest absolute Gasteiger partial charge is 0.335 e. The predicted molar refractivity (Wildman–Crippen MR) is 68.3 cm³/mol. The fraction of sp³-hybridized carbons (Fsp3) is 0.167. The first-order chi connectivity index (χ1) is 9.54. The van der Waals surface area contributed by atoms with Crippen molar-refractivity contribution in [1.82, 2.24) is 15.5 Å². The van der Waals surface area contributed by atoms with Crippen LogP contribution in [-0.2, 0) is 6.54 Å². The number of nitrogens with one attached hydrogen (secondary N) is 2. The first-order valence-corrected chi connectivity index (χ1v) is 5.72. The molecule has 0 bridgehead atoms. The molecule has 2 amide bonds. The van der Waals surface area contributed by atoms with Gasteiger partial charge < -0.3 is 20.3 Å². The lowest BCUT2D eigenvalue weighted by molar-refractivity contribution is 0.0697. The van der Waals surface area contributed by atoms with E-state index >= 15 is 0 Å². The first kappa shape index (κ1) is 13.5. The quantitative estimate of drug-likeness (QED) is 0.776. The monoisotopic (exact) mass is 276 g/mol. The maximum absolute atomic E-state index is 11.6. The Kier molecular flexibility index (Phi) is 3.94. The number of aryl methyl sites for hydroxylation is 1. The maximum Gasteiger partial charge on any atom is 0.335 e. The van der Waals surface area contributed by atoms with Crippen LogP contribution in [0.2, 0.25) is 0 Å². The summed E-state index contributed by atoms with van der Waals surface area (Å²) in [5.41, 5.74) is 0.472. The Balaban J connectivity index is 1.91. The Morgan fingerprint density at radius 3 is 2.85 bits per heavy atom. The van der Waals surface area contributed by atoms with Gasteiger partial charge in [0, 0.05) is 5.69 Å². The molecule has 3 N–H and O–H groups in total. The van der Waals surface area contributed by atoms with Crippen molar-refractivity contribution >= 4 is 17.7 Å². The van der Waals surface area contributed by atoms with Crippen molar-refractivity contribution in [3.63, 3.8) is 0 Å². The summed E-state index contributed by atoms with van der Waals surface area (Å²) in [6.45, 7) is 1.76. The van der Waals surface area contributed by atoms with E-state index in [2.05, 4.69) is 20.8 Å². The van der Waals surface area contributed by atoms with E-state index in [0.717, 1.165) is 0 Å². The van der Waals surface area contributed by atoms with Crippen LogP contribution >= 0.6 is 0 Å². The Bertz CT molecular complexity index is 638. The van der Waals surface area contributed by atoms with Gasteiger partial charge in [0.25, 0.3) is 0 Å². The van der Waals surface area contributed by atoms with Crippen molar-refractivity contribution in [3.05, 3.63) is 41.5 Å². The molecule has 8 nitrogen and oxygen atoms in total. The number of carbonyl (C=O) groups excluding carboxylic acids is 1. The molecule has 1 aromatic carbocycles. The summed E-state index contributed by atoms with van der Waals surface area (Å²) in [6, 6.07) is 5.43. The highest BCUT2D eigenvalue weighted by Gasteiger charge is 2.08. The van der Waals surface area contributed by atoms with Crippen LogP contribution < -0.4 is 10.6 Å². The predicted octanol–water partition coefficient (Wildman–Crippen LogP) is 1.40. The summed E-state index contributed by atoms with van der Waals surface area (Å²) in [6.07, 6.45) is 0. The second-order valence-electron chi connectivity index (χ2n) is 3.93. The Morgan fingerprint density at radius 1 is 1.40 bits per heavy atom. The van der Waals surface area contributed by atoms with Gasteiger partial charge in [0.2, 0.25) is 5.89 Å². The van der Waals surface area contributed by atoms with Gasteiger partial charge in [-0.2, -0.15) is 4.98 Å². The Morgan fingerprint density at radius 2 is 2.20 bits per heavy atom. The summed E-state index contributed by atoms with van der Waals surface area (Å²) in [4.78, 5) is 26.3. The molecule has 0 aliphatic rings. The average Bonchev–Trinajstić information content (AvgIpc) is 2.82. The third-order valence-electron chi connectivity index (χ3n) is 2.34. The van der Waals surface area contributed by atoms with Crippen molar-refractivity contribution in [2.45, 2.75) is 13.5 Å². The van der Waals surface area contributed by atoms with Gasteiger partial charge >= 0.3 is 12.0 Å². The fourth-order valence-electron chi connectivity index (χ4n) is 1.47. The second kappa shape index (κ2) is 5.83. The van der Waals surface area contributed by atoms with Crippen molar-refractivity contribution in [1.29, 1.82) is 0 Å². The van der Waals surface area contributed by atoms with Crippen LogP contribution in [0.15, 0.2) is 28.8 Å². The lowest BCUT2D eigenvalue weighted by atomic mass is 10.2. The highest BCUT2D eigenvalue weighted by Crippen LogP contribution is 2.10. The molecule has 2 rings (SSSR count). The number of urea groups is 1. The van der Waals surface area contributed by atoms with Gasteiger partial charge in [0.1, 0.15) is 0 Å². The van der Waals surface area contributed by atoms with E-state index in [9.17, 15) is 9.59 Å². The van der Waals surface area contributed by atoms with Crippen LogP contribution in [0.5, 0.6) is 0 Å². The molecule has 1 heterocycles. The number of hydrogen-bond acceptors (Lipinski definition) is 5. The lowest BCUT2D eigenvalue weighted by Gasteiger charge is -2.06. The molecule has 0 aliphatic heterocycles. The molecule has 0 unspecified atom stereocenters. The number of benzene rings is 1. The molecule has 0 fully saturated rings. The topological polar surface area (TPSA) is 117 Å². The number of hydrogen-bond donors (Lipinski definition) is 3. The van der Waals surface area contributed by atoms with Crippen LogP contribution in [0.4, 0.5) is 10.5 Å². The van der Waals surface area contributed by atoms with Gasteiger partial charge in [-0.1, -0.05) is 11.2 Å². The second-order valence-corrected chi connectivity index (χ2v) is 3.93. The molecule has 0 saturated carbocycles. The molecule has 8 heteroatoms. The normalized spacial score (nSPS) is 10.1. The van der Waals surface area contributed by atoms with E-state index < -0.39 is 12.0 Å². The molecule has 20 heavy (non-hydrogen) atoms. The van der Waals surface area contributed by atoms with E-state index in [1.807, 2.05) is 0 Å². The fourth-order valence-corrected chi connectivity index (χ4v) is 1.47. The zero-order chi connectivity index (χ0) is 14.5. The van der Waals surface area contributed by atoms with Crippen molar-refractivity contribution in [2.75, 3.05) is 5.32 Å². The number of carboxylic acid groups (broad SMARTS) is 1. The molecule has 0 radical (unpaired) electrons. The van der Waals surface area contributed by atoms with E-state index in [0.29, 0.717) is 11.5 Å². The van der Waals surface area contributed by atoms with Gasteiger partial charge in [0.05, 0.1) is 12.1 Å². The van der Waals surface area contributed by atoms with Gasteiger partial charge in [0.15, 0.2) is 5.82 Å².